The van der Waals surface area contributed by atoms with Crippen molar-refractivity contribution in [2.45, 2.75) is 6.92 Å². The number of anilines is 1. The Hall–Kier alpha value is -2.98. The summed E-state index contributed by atoms with van der Waals surface area (Å²) in [5.74, 6) is -0.189. The first-order valence-corrected chi connectivity index (χ1v) is 8.81. The Morgan fingerprint density at radius 3 is 2.24 bits per heavy atom. The average Bonchev–Trinajstić information content (AvgIpc) is 3.07. The Balaban J connectivity index is 1.96. The minimum Gasteiger partial charge on any atom is -0.298 e. The third-order valence-electron chi connectivity index (χ3n) is 3.49. The van der Waals surface area contributed by atoms with E-state index in [9.17, 15) is 4.79 Å². The second kappa shape index (κ2) is 8.22. The van der Waals surface area contributed by atoms with Gasteiger partial charge in [0.25, 0.3) is 0 Å². The number of hydrogen-bond acceptors (Lipinski definition) is 3. The summed E-state index contributed by atoms with van der Waals surface area (Å²) >= 11 is 1.48. The number of rotatable bonds is 5. The second-order valence-electron chi connectivity index (χ2n) is 5.30. The first kappa shape index (κ1) is 16.9. The Labute approximate surface area is 151 Å². The van der Waals surface area contributed by atoms with Gasteiger partial charge in [0.05, 0.1) is 10.6 Å². The lowest BCUT2D eigenvalue weighted by atomic mass is 10.1. The van der Waals surface area contributed by atoms with Crippen molar-refractivity contribution < 1.29 is 4.79 Å². The molecule has 0 atom stereocenters. The van der Waals surface area contributed by atoms with Crippen molar-refractivity contribution in [3.05, 3.63) is 85.0 Å². The fourth-order valence-corrected chi connectivity index (χ4v) is 3.35. The van der Waals surface area contributed by atoms with E-state index in [1.54, 1.807) is 6.08 Å². The van der Waals surface area contributed by atoms with Gasteiger partial charge in [0.2, 0.25) is 5.91 Å². The van der Waals surface area contributed by atoms with Crippen LogP contribution in [0.2, 0.25) is 0 Å². The van der Waals surface area contributed by atoms with E-state index < -0.39 is 0 Å². The van der Waals surface area contributed by atoms with Gasteiger partial charge in [-0.3, -0.25) is 10.1 Å². The van der Waals surface area contributed by atoms with E-state index in [0.717, 1.165) is 21.7 Å². The number of hydrogen-bond donors (Lipinski definition) is 1. The molecule has 1 aromatic heterocycles. The van der Waals surface area contributed by atoms with Gasteiger partial charge in [-0.2, -0.15) is 0 Å². The lowest BCUT2D eigenvalue weighted by Gasteiger charge is -2.02. The highest BCUT2D eigenvalue weighted by molar-refractivity contribution is 7.19. The molecule has 3 nitrogen and oxygen atoms in total. The third kappa shape index (κ3) is 4.31. The molecule has 2 aromatic carbocycles. The maximum Gasteiger partial charge on any atom is 0.250 e. The number of carbonyl (C=O) groups is 1. The topological polar surface area (TPSA) is 42.0 Å². The van der Waals surface area contributed by atoms with E-state index in [2.05, 4.69) is 22.4 Å². The maximum atomic E-state index is 12.0. The van der Waals surface area contributed by atoms with Crippen LogP contribution in [0, 0.1) is 0 Å². The van der Waals surface area contributed by atoms with Gasteiger partial charge >= 0.3 is 0 Å². The zero-order valence-electron chi connectivity index (χ0n) is 13.8. The highest BCUT2D eigenvalue weighted by Gasteiger charge is 2.15. The van der Waals surface area contributed by atoms with Crippen molar-refractivity contribution in [2.75, 3.05) is 5.32 Å². The fraction of sp³-hybridized carbons (Fsp3) is 0.0476. The predicted octanol–water partition coefficient (Wildman–Crippen LogP) is 5.55. The fourth-order valence-electron chi connectivity index (χ4n) is 2.35. The third-order valence-corrected chi connectivity index (χ3v) is 4.51. The standard InChI is InChI=1S/C21H18N2OS/c1-2-3-6-15-18(24)22-21-23-19(16-11-7-4-8-12-16)20(25-21)17-13-9-5-10-14-17/h2-15H,1H3,(H,22,23,24)/b3-2+,15-6+. The summed E-state index contributed by atoms with van der Waals surface area (Å²) < 4.78 is 0. The Morgan fingerprint density at radius 1 is 0.960 bits per heavy atom. The summed E-state index contributed by atoms with van der Waals surface area (Å²) in [5, 5.41) is 3.44. The number of aromatic nitrogens is 1. The molecule has 1 amide bonds. The average molecular weight is 346 g/mol. The molecule has 0 bridgehead atoms. The van der Waals surface area contributed by atoms with Crippen LogP contribution in [0.5, 0.6) is 0 Å². The monoisotopic (exact) mass is 346 g/mol. The molecule has 1 N–H and O–H groups in total. The van der Waals surface area contributed by atoms with Crippen LogP contribution in [-0.4, -0.2) is 10.9 Å². The molecule has 0 aliphatic rings. The molecule has 0 spiro atoms. The summed E-state index contributed by atoms with van der Waals surface area (Å²) in [6, 6.07) is 20.1. The molecule has 124 valence electrons. The largest absolute Gasteiger partial charge is 0.298 e. The first-order chi connectivity index (χ1) is 12.3. The normalized spacial score (nSPS) is 11.2. The summed E-state index contributed by atoms with van der Waals surface area (Å²) in [5.41, 5.74) is 3.00. The van der Waals surface area contributed by atoms with E-state index in [4.69, 9.17) is 0 Å². The number of nitrogens with one attached hydrogen (secondary N) is 1. The van der Waals surface area contributed by atoms with Crippen LogP contribution in [0.3, 0.4) is 0 Å². The van der Waals surface area contributed by atoms with Gasteiger partial charge < -0.3 is 0 Å². The molecule has 0 fully saturated rings. The van der Waals surface area contributed by atoms with Crippen molar-refractivity contribution in [3.63, 3.8) is 0 Å². The highest BCUT2D eigenvalue weighted by atomic mass is 32.1. The molecule has 0 unspecified atom stereocenters. The SMILES string of the molecule is C/C=C/C=C/C(=O)Nc1nc(-c2ccccc2)c(-c2ccccc2)s1. The van der Waals surface area contributed by atoms with Gasteiger partial charge in [0, 0.05) is 11.6 Å². The number of carbonyl (C=O) groups excluding carboxylic acids is 1. The van der Waals surface area contributed by atoms with Crippen LogP contribution < -0.4 is 5.32 Å². The van der Waals surface area contributed by atoms with Crippen LogP contribution in [0.1, 0.15) is 6.92 Å². The number of benzene rings is 2. The Kier molecular flexibility index (Phi) is 5.54. The minimum absolute atomic E-state index is 0.189. The molecule has 0 radical (unpaired) electrons. The molecule has 4 heteroatoms. The molecule has 0 aliphatic carbocycles. The van der Waals surface area contributed by atoms with E-state index >= 15 is 0 Å². The van der Waals surface area contributed by atoms with Gasteiger partial charge in [-0.15, -0.1) is 0 Å². The number of nitrogens with zero attached hydrogens (tertiary/aromatic N) is 1. The number of allylic oxidation sites excluding steroid dienone is 3. The smallest absolute Gasteiger partial charge is 0.250 e. The quantitative estimate of drug-likeness (QED) is 0.486. The van der Waals surface area contributed by atoms with E-state index in [1.165, 1.54) is 17.4 Å². The Bertz CT molecular complexity index is 839. The molecule has 0 saturated carbocycles. The van der Waals surface area contributed by atoms with Crippen LogP contribution in [0.25, 0.3) is 21.7 Å². The lowest BCUT2D eigenvalue weighted by molar-refractivity contribution is -0.111. The molecule has 0 aliphatic heterocycles. The minimum atomic E-state index is -0.189. The number of amides is 1. The molecular formula is C21H18N2OS. The van der Waals surface area contributed by atoms with Gasteiger partial charge in [-0.05, 0) is 12.5 Å². The number of thiazole rings is 1. The highest BCUT2D eigenvalue weighted by Crippen LogP contribution is 2.38. The van der Waals surface area contributed by atoms with E-state index in [1.807, 2.05) is 67.6 Å². The maximum absolute atomic E-state index is 12.0. The van der Waals surface area contributed by atoms with Crippen LogP contribution >= 0.6 is 11.3 Å². The van der Waals surface area contributed by atoms with Gasteiger partial charge in [-0.1, -0.05) is 90.2 Å². The molecular weight excluding hydrogens is 328 g/mol. The lowest BCUT2D eigenvalue weighted by Crippen LogP contribution is -2.07. The first-order valence-electron chi connectivity index (χ1n) is 8.00. The van der Waals surface area contributed by atoms with Crippen molar-refractivity contribution in [2.24, 2.45) is 0 Å². The van der Waals surface area contributed by atoms with Gasteiger partial charge in [0.1, 0.15) is 0 Å². The second-order valence-corrected chi connectivity index (χ2v) is 6.30. The Morgan fingerprint density at radius 2 is 1.60 bits per heavy atom. The zero-order valence-corrected chi connectivity index (χ0v) is 14.7. The molecule has 0 saturated heterocycles. The predicted molar refractivity (Wildman–Crippen MR) is 106 cm³/mol. The van der Waals surface area contributed by atoms with E-state index in [-0.39, 0.29) is 5.91 Å². The van der Waals surface area contributed by atoms with Crippen molar-refractivity contribution in [3.8, 4) is 21.7 Å². The van der Waals surface area contributed by atoms with Crippen LogP contribution in [0.15, 0.2) is 85.0 Å². The van der Waals surface area contributed by atoms with Crippen molar-refractivity contribution >= 4 is 22.4 Å². The molecule has 25 heavy (non-hydrogen) atoms. The van der Waals surface area contributed by atoms with E-state index in [0.29, 0.717) is 5.13 Å². The molecule has 3 aromatic rings. The van der Waals surface area contributed by atoms with Crippen molar-refractivity contribution in [1.82, 2.24) is 4.98 Å². The molecule has 1 heterocycles. The summed E-state index contributed by atoms with van der Waals surface area (Å²) in [4.78, 5) is 17.7. The summed E-state index contributed by atoms with van der Waals surface area (Å²) in [6.45, 7) is 1.90. The summed E-state index contributed by atoms with van der Waals surface area (Å²) in [7, 11) is 0. The molecule has 3 rings (SSSR count). The van der Waals surface area contributed by atoms with Gasteiger partial charge in [-0.25, -0.2) is 4.98 Å². The zero-order chi connectivity index (χ0) is 17.5. The van der Waals surface area contributed by atoms with Crippen molar-refractivity contribution in [1.29, 1.82) is 0 Å². The van der Waals surface area contributed by atoms with Crippen LogP contribution in [0.4, 0.5) is 5.13 Å². The van der Waals surface area contributed by atoms with Gasteiger partial charge in [0.15, 0.2) is 5.13 Å². The summed E-state index contributed by atoms with van der Waals surface area (Å²) in [6.07, 6.45) is 6.88. The van der Waals surface area contributed by atoms with Crippen LogP contribution in [-0.2, 0) is 4.79 Å².